The van der Waals surface area contributed by atoms with Gasteiger partial charge in [-0.25, -0.2) is 9.59 Å². The summed E-state index contributed by atoms with van der Waals surface area (Å²) in [7, 11) is 5.71. The zero-order valence-corrected chi connectivity index (χ0v) is 11.8. The highest BCUT2D eigenvalue weighted by atomic mass is 16.5. The van der Waals surface area contributed by atoms with E-state index in [1.165, 1.54) is 4.90 Å². The number of urea groups is 1. The number of carbonyl (C=O) groups excluding carboxylic acids is 1. The topological polar surface area (TPSA) is 73.3 Å². The van der Waals surface area contributed by atoms with Gasteiger partial charge in [0.05, 0.1) is 13.2 Å². The number of hydrogen-bond acceptors (Lipinski definition) is 4. The minimum atomic E-state index is -1.02. The van der Waals surface area contributed by atoms with Crippen LogP contribution in [0.2, 0.25) is 0 Å². The summed E-state index contributed by atoms with van der Waals surface area (Å²) in [6.45, 7) is 2.41. The van der Waals surface area contributed by atoms with Crippen molar-refractivity contribution in [2.45, 2.75) is 12.5 Å². The first-order valence-electron chi connectivity index (χ1n) is 6.41. The van der Waals surface area contributed by atoms with Crippen LogP contribution < -0.4 is 0 Å². The molecular formula is C12H23N3O4. The maximum Gasteiger partial charge on any atom is 0.334 e. The summed E-state index contributed by atoms with van der Waals surface area (Å²) in [6, 6.07) is -0.131. The number of aliphatic carboxylic acids is 1. The highest BCUT2D eigenvalue weighted by Gasteiger charge is 2.30. The SMILES string of the molecule is CN(C)CCCN(C)C(=O)N1CCOC(C(=O)O)C1. The summed E-state index contributed by atoms with van der Waals surface area (Å²) in [5.41, 5.74) is 0. The second-order valence-electron chi connectivity index (χ2n) is 5.00. The summed E-state index contributed by atoms with van der Waals surface area (Å²) in [5.74, 6) is -1.02. The molecule has 1 aliphatic heterocycles. The number of morpholine rings is 1. The van der Waals surface area contributed by atoms with Crippen molar-refractivity contribution in [2.24, 2.45) is 0 Å². The van der Waals surface area contributed by atoms with Gasteiger partial charge in [0.25, 0.3) is 0 Å². The first kappa shape index (κ1) is 15.7. The molecule has 2 amide bonds. The first-order valence-corrected chi connectivity index (χ1v) is 6.41. The fourth-order valence-corrected chi connectivity index (χ4v) is 1.93. The van der Waals surface area contributed by atoms with Crippen molar-refractivity contribution in [3.8, 4) is 0 Å². The molecule has 1 heterocycles. The van der Waals surface area contributed by atoms with E-state index in [0.717, 1.165) is 13.0 Å². The van der Waals surface area contributed by atoms with Crippen LogP contribution in [0.5, 0.6) is 0 Å². The van der Waals surface area contributed by atoms with Gasteiger partial charge >= 0.3 is 12.0 Å². The van der Waals surface area contributed by atoms with Crippen LogP contribution in [-0.2, 0) is 9.53 Å². The van der Waals surface area contributed by atoms with Crippen LogP contribution in [0.3, 0.4) is 0 Å². The normalized spacial score (nSPS) is 19.6. The fourth-order valence-electron chi connectivity index (χ4n) is 1.93. The number of rotatable bonds is 5. The number of ether oxygens (including phenoxy) is 1. The minimum Gasteiger partial charge on any atom is -0.479 e. The van der Waals surface area contributed by atoms with Crippen molar-refractivity contribution in [1.29, 1.82) is 0 Å². The maximum atomic E-state index is 12.1. The number of amides is 2. The Labute approximate surface area is 113 Å². The lowest BCUT2D eigenvalue weighted by Gasteiger charge is -2.33. The van der Waals surface area contributed by atoms with Gasteiger partial charge in [-0.3, -0.25) is 0 Å². The summed E-state index contributed by atoms with van der Waals surface area (Å²) in [6.07, 6.45) is -0.0186. The van der Waals surface area contributed by atoms with E-state index in [1.807, 2.05) is 14.1 Å². The third-order valence-corrected chi connectivity index (χ3v) is 3.04. The molecular weight excluding hydrogens is 250 g/mol. The predicted molar refractivity (Wildman–Crippen MR) is 70.1 cm³/mol. The van der Waals surface area contributed by atoms with Crippen molar-refractivity contribution in [2.75, 3.05) is 53.9 Å². The molecule has 7 heteroatoms. The van der Waals surface area contributed by atoms with Crippen LogP contribution in [0, 0.1) is 0 Å². The van der Waals surface area contributed by atoms with E-state index in [1.54, 1.807) is 11.9 Å². The third-order valence-electron chi connectivity index (χ3n) is 3.04. The van der Waals surface area contributed by atoms with Crippen LogP contribution in [0.4, 0.5) is 4.79 Å². The van der Waals surface area contributed by atoms with E-state index in [2.05, 4.69) is 4.90 Å². The summed E-state index contributed by atoms with van der Waals surface area (Å²) in [4.78, 5) is 28.2. The molecule has 0 bridgehead atoms. The molecule has 1 N–H and O–H groups in total. The monoisotopic (exact) mass is 273 g/mol. The lowest BCUT2D eigenvalue weighted by Crippen LogP contribution is -2.52. The van der Waals surface area contributed by atoms with Crippen molar-refractivity contribution >= 4 is 12.0 Å². The fraction of sp³-hybridized carbons (Fsp3) is 0.833. The molecule has 1 fully saturated rings. The molecule has 1 unspecified atom stereocenters. The lowest BCUT2D eigenvalue weighted by atomic mass is 10.3. The predicted octanol–water partition coefficient (Wildman–Crippen LogP) is -0.225. The molecule has 0 aliphatic carbocycles. The second-order valence-corrected chi connectivity index (χ2v) is 5.00. The molecule has 1 rings (SSSR count). The number of carboxylic acids is 1. The Balaban J connectivity index is 2.40. The average Bonchev–Trinajstić information content (AvgIpc) is 2.37. The number of nitrogens with zero attached hydrogens (tertiary/aromatic N) is 3. The van der Waals surface area contributed by atoms with Crippen molar-refractivity contribution in [3.05, 3.63) is 0 Å². The molecule has 0 aromatic carbocycles. The molecule has 0 saturated carbocycles. The average molecular weight is 273 g/mol. The molecule has 1 atom stereocenters. The van der Waals surface area contributed by atoms with Gasteiger partial charge in [-0.1, -0.05) is 0 Å². The van der Waals surface area contributed by atoms with Crippen LogP contribution in [-0.4, -0.2) is 91.8 Å². The van der Waals surface area contributed by atoms with Gasteiger partial charge in [-0.05, 0) is 27.1 Å². The molecule has 110 valence electrons. The molecule has 0 aromatic heterocycles. The van der Waals surface area contributed by atoms with Gasteiger partial charge in [0.1, 0.15) is 0 Å². The van der Waals surface area contributed by atoms with E-state index in [-0.39, 0.29) is 19.2 Å². The van der Waals surface area contributed by atoms with Crippen molar-refractivity contribution in [3.63, 3.8) is 0 Å². The van der Waals surface area contributed by atoms with Crippen molar-refractivity contribution in [1.82, 2.24) is 14.7 Å². The zero-order chi connectivity index (χ0) is 14.4. The van der Waals surface area contributed by atoms with Gasteiger partial charge in [0.2, 0.25) is 0 Å². The molecule has 1 saturated heterocycles. The summed E-state index contributed by atoms with van der Waals surface area (Å²) >= 11 is 0. The molecule has 0 aromatic rings. The van der Waals surface area contributed by atoms with Crippen LogP contribution in [0.25, 0.3) is 0 Å². The van der Waals surface area contributed by atoms with E-state index in [4.69, 9.17) is 9.84 Å². The highest BCUT2D eigenvalue weighted by molar-refractivity contribution is 5.77. The van der Waals surface area contributed by atoms with E-state index in [9.17, 15) is 9.59 Å². The second kappa shape index (κ2) is 7.30. The third kappa shape index (κ3) is 5.04. The Morgan fingerprint density at radius 1 is 1.32 bits per heavy atom. The Bertz CT molecular complexity index is 322. The van der Waals surface area contributed by atoms with Gasteiger partial charge < -0.3 is 24.5 Å². The maximum absolute atomic E-state index is 12.1. The lowest BCUT2D eigenvalue weighted by molar-refractivity contribution is -0.154. The smallest absolute Gasteiger partial charge is 0.334 e. The Hall–Kier alpha value is -1.34. The Kier molecular flexibility index (Phi) is 6.04. The van der Waals surface area contributed by atoms with Gasteiger partial charge in [-0.2, -0.15) is 0 Å². The van der Waals surface area contributed by atoms with Gasteiger partial charge in [0, 0.05) is 20.1 Å². The quantitative estimate of drug-likeness (QED) is 0.749. The Morgan fingerprint density at radius 2 is 2.00 bits per heavy atom. The first-order chi connectivity index (χ1) is 8.91. The van der Waals surface area contributed by atoms with Gasteiger partial charge in [0.15, 0.2) is 6.10 Å². The number of carbonyl (C=O) groups is 2. The minimum absolute atomic E-state index is 0.117. The van der Waals surface area contributed by atoms with Crippen LogP contribution in [0.1, 0.15) is 6.42 Å². The number of hydrogen-bond donors (Lipinski definition) is 1. The van der Waals surface area contributed by atoms with Crippen LogP contribution >= 0.6 is 0 Å². The molecule has 0 radical (unpaired) electrons. The highest BCUT2D eigenvalue weighted by Crippen LogP contribution is 2.08. The largest absolute Gasteiger partial charge is 0.479 e. The number of carboxylic acid groups (broad SMARTS) is 1. The molecule has 19 heavy (non-hydrogen) atoms. The summed E-state index contributed by atoms with van der Waals surface area (Å²) < 4.78 is 5.09. The molecule has 1 aliphatic rings. The summed E-state index contributed by atoms with van der Waals surface area (Å²) in [5, 5.41) is 8.90. The standard InChI is InChI=1S/C12H23N3O4/c1-13(2)5-4-6-14(3)12(18)15-7-8-19-10(9-15)11(16)17/h10H,4-9H2,1-3H3,(H,16,17). The van der Waals surface area contributed by atoms with E-state index < -0.39 is 12.1 Å². The molecule has 7 nitrogen and oxygen atoms in total. The van der Waals surface area contributed by atoms with Crippen molar-refractivity contribution < 1.29 is 19.4 Å². The zero-order valence-electron chi connectivity index (χ0n) is 11.8. The van der Waals surface area contributed by atoms with E-state index >= 15 is 0 Å². The van der Waals surface area contributed by atoms with Crippen LogP contribution in [0.15, 0.2) is 0 Å². The van der Waals surface area contributed by atoms with E-state index in [0.29, 0.717) is 13.1 Å². The van der Waals surface area contributed by atoms with Gasteiger partial charge in [-0.15, -0.1) is 0 Å². The Morgan fingerprint density at radius 3 is 2.58 bits per heavy atom. The molecule has 0 spiro atoms.